The number of hydrogen-bond acceptors (Lipinski definition) is 6. The lowest BCUT2D eigenvalue weighted by atomic mass is 9.80. The summed E-state index contributed by atoms with van der Waals surface area (Å²) in [6, 6.07) is 10.1. The average molecular weight is 302 g/mol. The van der Waals surface area contributed by atoms with Crippen molar-refractivity contribution >= 4 is 22.9 Å². The van der Waals surface area contributed by atoms with Gasteiger partial charge in [-0.05, 0) is 0 Å². The van der Waals surface area contributed by atoms with Crippen LogP contribution < -0.4 is 11.1 Å². The average Bonchev–Trinajstić information content (AvgIpc) is 2.58. The van der Waals surface area contributed by atoms with E-state index in [-0.39, 0.29) is 44.8 Å². The number of ketones is 2. The molecule has 6 heteroatoms. The molecule has 0 bridgehead atoms. The van der Waals surface area contributed by atoms with Crippen LogP contribution in [0.3, 0.4) is 0 Å². The Bertz CT molecular complexity index is 978. The second kappa shape index (κ2) is 4.97. The molecule has 1 aliphatic rings. The van der Waals surface area contributed by atoms with Crippen LogP contribution in [-0.4, -0.2) is 18.6 Å². The van der Waals surface area contributed by atoms with Gasteiger partial charge in [0.05, 0.1) is 33.6 Å². The molecule has 0 heterocycles. The molecule has 6 nitrogen and oxygen atoms in total. The molecule has 0 unspecified atom stereocenters. The van der Waals surface area contributed by atoms with Crippen molar-refractivity contribution in [3.8, 4) is 12.1 Å². The van der Waals surface area contributed by atoms with E-state index in [1.807, 2.05) is 12.1 Å². The quantitative estimate of drug-likeness (QED) is 0.662. The number of anilines is 2. The van der Waals surface area contributed by atoms with Crippen molar-refractivity contribution in [2.75, 3.05) is 18.1 Å². The second-order valence-electron chi connectivity index (χ2n) is 4.97. The first-order chi connectivity index (χ1) is 11.1. The predicted molar refractivity (Wildman–Crippen MR) is 83.1 cm³/mol. The second-order valence-corrected chi connectivity index (χ2v) is 4.97. The van der Waals surface area contributed by atoms with Crippen LogP contribution in [0.1, 0.15) is 43.0 Å². The zero-order chi connectivity index (χ0) is 16.7. The number of fused-ring (bicyclic) bond motifs is 2. The molecule has 1 aliphatic carbocycles. The highest BCUT2D eigenvalue weighted by Gasteiger charge is 2.36. The lowest BCUT2D eigenvalue weighted by Gasteiger charge is -2.23. The van der Waals surface area contributed by atoms with Gasteiger partial charge in [-0.25, -0.2) is 0 Å². The summed E-state index contributed by atoms with van der Waals surface area (Å²) in [7, 11) is 1.52. The van der Waals surface area contributed by atoms with Gasteiger partial charge in [0.1, 0.15) is 12.1 Å². The Morgan fingerprint density at radius 3 is 1.96 bits per heavy atom. The predicted octanol–water partition coefficient (Wildman–Crippen LogP) is 1.83. The van der Waals surface area contributed by atoms with Crippen LogP contribution in [0.5, 0.6) is 0 Å². The van der Waals surface area contributed by atoms with Gasteiger partial charge in [-0.3, -0.25) is 9.59 Å². The van der Waals surface area contributed by atoms with E-state index >= 15 is 0 Å². The highest BCUT2D eigenvalue weighted by Crippen LogP contribution is 2.39. The van der Waals surface area contributed by atoms with Gasteiger partial charge in [0.25, 0.3) is 0 Å². The molecule has 0 saturated heterocycles. The molecule has 0 fully saturated rings. The van der Waals surface area contributed by atoms with Crippen LogP contribution in [0, 0.1) is 22.7 Å². The summed E-state index contributed by atoms with van der Waals surface area (Å²) in [5, 5.41) is 21.4. The van der Waals surface area contributed by atoms with Gasteiger partial charge in [0.15, 0.2) is 11.6 Å². The van der Waals surface area contributed by atoms with E-state index in [9.17, 15) is 20.1 Å². The zero-order valence-electron chi connectivity index (χ0n) is 12.1. The van der Waals surface area contributed by atoms with Crippen LogP contribution in [0.2, 0.25) is 0 Å². The van der Waals surface area contributed by atoms with Gasteiger partial charge >= 0.3 is 0 Å². The summed E-state index contributed by atoms with van der Waals surface area (Å²) in [4.78, 5) is 25.6. The zero-order valence-corrected chi connectivity index (χ0v) is 12.1. The van der Waals surface area contributed by atoms with Crippen molar-refractivity contribution < 1.29 is 9.59 Å². The van der Waals surface area contributed by atoms with Gasteiger partial charge < -0.3 is 11.1 Å². The van der Waals surface area contributed by atoms with Gasteiger partial charge in [-0.1, -0.05) is 24.3 Å². The van der Waals surface area contributed by atoms with Crippen molar-refractivity contribution in [3.05, 3.63) is 57.6 Å². The van der Waals surface area contributed by atoms with E-state index in [1.54, 1.807) is 24.3 Å². The summed E-state index contributed by atoms with van der Waals surface area (Å²) >= 11 is 0. The molecule has 3 N–H and O–H groups in total. The number of nitriles is 2. The fraction of sp³-hybridized carbons (Fsp3) is 0.0588. The minimum Gasteiger partial charge on any atom is -0.397 e. The van der Waals surface area contributed by atoms with Crippen molar-refractivity contribution in [3.63, 3.8) is 0 Å². The number of nitrogens with zero attached hydrogens (tertiary/aromatic N) is 2. The number of carbonyl (C=O) groups excluding carboxylic acids is 2. The van der Waals surface area contributed by atoms with E-state index in [0.29, 0.717) is 0 Å². The molecule has 0 saturated carbocycles. The van der Waals surface area contributed by atoms with Gasteiger partial charge in [-0.2, -0.15) is 10.5 Å². The summed E-state index contributed by atoms with van der Waals surface area (Å²) in [5.74, 6) is -0.822. The van der Waals surface area contributed by atoms with Crippen molar-refractivity contribution in [1.82, 2.24) is 0 Å². The highest BCUT2D eigenvalue weighted by atomic mass is 16.1. The molecular formula is C17H10N4O2. The Balaban J connectivity index is 2.51. The SMILES string of the molecule is CNc1c(C#N)c(C#N)c(N)c2c1C(=O)c1ccccc1C2=O. The molecule has 0 aliphatic heterocycles. The summed E-state index contributed by atoms with van der Waals surface area (Å²) in [6.45, 7) is 0. The molecule has 0 atom stereocenters. The maximum atomic E-state index is 12.8. The third-order valence-corrected chi connectivity index (χ3v) is 3.88. The topological polar surface area (TPSA) is 120 Å². The van der Waals surface area contributed by atoms with Crippen molar-refractivity contribution in [1.29, 1.82) is 10.5 Å². The maximum absolute atomic E-state index is 12.8. The first-order valence-corrected chi connectivity index (χ1v) is 6.72. The van der Waals surface area contributed by atoms with Gasteiger partial charge in [0, 0.05) is 18.2 Å². The lowest BCUT2D eigenvalue weighted by Crippen LogP contribution is -2.25. The number of nitrogens with one attached hydrogen (secondary N) is 1. The van der Waals surface area contributed by atoms with Crippen molar-refractivity contribution in [2.24, 2.45) is 0 Å². The number of carbonyl (C=O) groups is 2. The Morgan fingerprint density at radius 2 is 1.48 bits per heavy atom. The smallest absolute Gasteiger partial charge is 0.196 e. The van der Waals surface area contributed by atoms with E-state index in [1.165, 1.54) is 7.05 Å². The number of rotatable bonds is 1. The Morgan fingerprint density at radius 1 is 0.957 bits per heavy atom. The fourth-order valence-corrected chi connectivity index (χ4v) is 2.86. The largest absolute Gasteiger partial charge is 0.397 e. The number of nitrogen functional groups attached to an aromatic ring is 1. The highest BCUT2D eigenvalue weighted by molar-refractivity contribution is 6.32. The molecule has 3 rings (SSSR count). The van der Waals surface area contributed by atoms with E-state index < -0.39 is 11.6 Å². The molecule has 110 valence electrons. The van der Waals surface area contributed by atoms with Crippen LogP contribution >= 0.6 is 0 Å². The van der Waals surface area contributed by atoms with E-state index in [0.717, 1.165) is 0 Å². The maximum Gasteiger partial charge on any atom is 0.196 e. The lowest BCUT2D eigenvalue weighted by molar-refractivity contribution is 0.0980. The number of hydrogen-bond donors (Lipinski definition) is 2. The van der Waals surface area contributed by atoms with E-state index in [2.05, 4.69) is 5.32 Å². The Hall–Kier alpha value is -3.64. The Kier molecular flexibility index (Phi) is 3.09. The van der Waals surface area contributed by atoms with E-state index in [4.69, 9.17) is 5.73 Å². The molecule has 2 aromatic carbocycles. The standard InChI is InChI=1S/C17H10N4O2/c1-21-15-11(7-19)10(6-18)14(20)12-13(15)17(23)9-5-3-2-4-8(9)16(12)22/h2-5,21H,20H2,1H3. The number of nitrogens with two attached hydrogens (primary N) is 1. The molecule has 0 radical (unpaired) electrons. The third-order valence-electron chi connectivity index (χ3n) is 3.88. The molecule has 0 aromatic heterocycles. The summed E-state index contributed by atoms with van der Waals surface area (Å²) in [5.41, 5.74) is 6.36. The molecule has 0 amide bonds. The minimum atomic E-state index is -0.426. The molecule has 23 heavy (non-hydrogen) atoms. The van der Waals surface area contributed by atoms with Crippen LogP contribution in [-0.2, 0) is 0 Å². The van der Waals surface area contributed by atoms with Crippen LogP contribution in [0.15, 0.2) is 24.3 Å². The number of benzene rings is 2. The fourth-order valence-electron chi connectivity index (χ4n) is 2.86. The van der Waals surface area contributed by atoms with Crippen LogP contribution in [0.4, 0.5) is 11.4 Å². The monoisotopic (exact) mass is 302 g/mol. The minimum absolute atomic E-state index is 0.0198. The van der Waals surface area contributed by atoms with Gasteiger partial charge in [-0.15, -0.1) is 0 Å². The first-order valence-electron chi connectivity index (χ1n) is 6.72. The Labute approximate surface area is 131 Å². The molecule has 2 aromatic rings. The third kappa shape index (κ3) is 1.73. The first kappa shape index (κ1) is 14.3. The van der Waals surface area contributed by atoms with Crippen LogP contribution in [0.25, 0.3) is 0 Å². The van der Waals surface area contributed by atoms with Gasteiger partial charge in [0.2, 0.25) is 0 Å². The molecule has 0 spiro atoms. The summed E-state index contributed by atoms with van der Waals surface area (Å²) in [6.07, 6.45) is 0. The normalized spacial score (nSPS) is 12.0. The molecular weight excluding hydrogens is 292 g/mol. The summed E-state index contributed by atoms with van der Waals surface area (Å²) < 4.78 is 0. The van der Waals surface area contributed by atoms with Crippen molar-refractivity contribution in [2.45, 2.75) is 0 Å².